The predicted octanol–water partition coefficient (Wildman–Crippen LogP) is 4.41. The lowest BCUT2D eigenvalue weighted by Crippen LogP contribution is -2.47. The Kier molecular flexibility index (Phi) is 5.95. The SMILES string of the molecule is O=C(/C=C/c1ccc(Cl)c(Cl)c1)N1CCN(Cc2cccs2)CC1. The Balaban J connectivity index is 1.51. The van der Waals surface area contributed by atoms with Crippen molar-refractivity contribution in [2.24, 2.45) is 0 Å². The lowest BCUT2D eigenvalue weighted by atomic mass is 10.2. The van der Waals surface area contributed by atoms with Crippen LogP contribution >= 0.6 is 34.5 Å². The summed E-state index contributed by atoms with van der Waals surface area (Å²) in [6.07, 6.45) is 3.39. The molecular weight excluding hydrogens is 363 g/mol. The summed E-state index contributed by atoms with van der Waals surface area (Å²) in [6.45, 7) is 4.30. The molecule has 0 atom stereocenters. The van der Waals surface area contributed by atoms with Gasteiger partial charge in [0.1, 0.15) is 0 Å². The van der Waals surface area contributed by atoms with Gasteiger partial charge in [-0.05, 0) is 35.2 Å². The third kappa shape index (κ3) is 4.61. The molecule has 0 bridgehead atoms. The maximum absolute atomic E-state index is 12.3. The Morgan fingerprint density at radius 2 is 1.92 bits per heavy atom. The lowest BCUT2D eigenvalue weighted by Gasteiger charge is -2.33. The highest BCUT2D eigenvalue weighted by Crippen LogP contribution is 2.23. The number of thiophene rings is 1. The van der Waals surface area contributed by atoms with E-state index in [0.29, 0.717) is 10.0 Å². The topological polar surface area (TPSA) is 23.6 Å². The number of rotatable bonds is 4. The van der Waals surface area contributed by atoms with Gasteiger partial charge in [-0.3, -0.25) is 9.69 Å². The van der Waals surface area contributed by atoms with Crippen molar-refractivity contribution in [1.29, 1.82) is 0 Å². The molecule has 2 aromatic rings. The highest BCUT2D eigenvalue weighted by molar-refractivity contribution is 7.09. The minimum Gasteiger partial charge on any atom is -0.337 e. The fourth-order valence-electron chi connectivity index (χ4n) is 2.64. The smallest absolute Gasteiger partial charge is 0.246 e. The highest BCUT2D eigenvalue weighted by Gasteiger charge is 2.19. The normalized spacial score (nSPS) is 16.0. The number of nitrogens with zero attached hydrogens (tertiary/aromatic N) is 2. The van der Waals surface area contributed by atoms with E-state index in [-0.39, 0.29) is 5.91 Å². The molecule has 1 aliphatic heterocycles. The van der Waals surface area contributed by atoms with E-state index in [1.54, 1.807) is 35.6 Å². The molecule has 3 rings (SSSR count). The van der Waals surface area contributed by atoms with Crippen molar-refractivity contribution in [3.8, 4) is 0 Å². The summed E-state index contributed by atoms with van der Waals surface area (Å²) < 4.78 is 0. The van der Waals surface area contributed by atoms with Crippen molar-refractivity contribution in [3.63, 3.8) is 0 Å². The molecule has 1 aromatic carbocycles. The number of halogens is 2. The molecule has 24 heavy (non-hydrogen) atoms. The van der Waals surface area contributed by atoms with E-state index >= 15 is 0 Å². The van der Waals surface area contributed by atoms with Crippen molar-refractivity contribution in [1.82, 2.24) is 9.80 Å². The van der Waals surface area contributed by atoms with Gasteiger partial charge in [0, 0.05) is 43.7 Å². The largest absolute Gasteiger partial charge is 0.337 e. The summed E-state index contributed by atoms with van der Waals surface area (Å²) in [5.41, 5.74) is 0.870. The van der Waals surface area contributed by atoms with Crippen molar-refractivity contribution < 1.29 is 4.79 Å². The Labute approximate surface area is 156 Å². The Bertz CT molecular complexity index is 723. The third-order valence-corrected chi connectivity index (χ3v) is 5.61. The summed E-state index contributed by atoms with van der Waals surface area (Å²) in [6, 6.07) is 9.57. The number of hydrogen-bond donors (Lipinski definition) is 0. The average molecular weight is 381 g/mol. The third-order valence-electron chi connectivity index (χ3n) is 4.01. The molecule has 1 amide bonds. The first-order valence-corrected chi connectivity index (χ1v) is 9.42. The van der Waals surface area contributed by atoms with Gasteiger partial charge in [0.05, 0.1) is 10.0 Å². The summed E-state index contributed by atoms with van der Waals surface area (Å²) in [5.74, 6) is 0.0387. The van der Waals surface area contributed by atoms with Crippen LogP contribution in [0.25, 0.3) is 6.08 Å². The van der Waals surface area contributed by atoms with Gasteiger partial charge in [-0.25, -0.2) is 0 Å². The first kappa shape index (κ1) is 17.5. The van der Waals surface area contributed by atoms with Gasteiger partial charge < -0.3 is 4.90 Å². The Morgan fingerprint density at radius 3 is 2.58 bits per heavy atom. The van der Waals surface area contributed by atoms with Crippen LogP contribution in [0.15, 0.2) is 41.8 Å². The van der Waals surface area contributed by atoms with Crippen LogP contribution in [0.4, 0.5) is 0 Å². The summed E-state index contributed by atoms with van der Waals surface area (Å²) in [7, 11) is 0. The van der Waals surface area contributed by atoms with Crippen molar-refractivity contribution >= 4 is 46.5 Å². The first-order chi connectivity index (χ1) is 11.6. The monoisotopic (exact) mass is 380 g/mol. The van der Waals surface area contributed by atoms with Crippen molar-refractivity contribution in [3.05, 3.63) is 62.3 Å². The molecule has 0 radical (unpaired) electrons. The molecule has 1 aromatic heterocycles. The van der Waals surface area contributed by atoms with E-state index in [4.69, 9.17) is 23.2 Å². The maximum Gasteiger partial charge on any atom is 0.246 e. The maximum atomic E-state index is 12.3. The van der Waals surface area contributed by atoms with Gasteiger partial charge in [0.2, 0.25) is 5.91 Å². The van der Waals surface area contributed by atoms with Crippen LogP contribution in [0.5, 0.6) is 0 Å². The standard InChI is InChI=1S/C18H18Cl2N2OS/c19-16-5-3-14(12-17(16)20)4-6-18(23)22-9-7-21(8-10-22)13-15-2-1-11-24-15/h1-6,11-12H,7-10,13H2/b6-4+. The number of piperazine rings is 1. The van der Waals surface area contributed by atoms with Crippen LogP contribution in [0.3, 0.4) is 0 Å². The number of amides is 1. The quantitative estimate of drug-likeness (QED) is 0.733. The molecule has 1 aliphatic rings. The van der Waals surface area contributed by atoms with Gasteiger partial charge in [-0.2, -0.15) is 0 Å². The summed E-state index contributed by atoms with van der Waals surface area (Å²) in [4.78, 5) is 18.0. The van der Waals surface area contributed by atoms with E-state index < -0.39 is 0 Å². The van der Waals surface area contributed by atoms with Crippen LogP contribution in [-0.2, 0) is 11.3 Å². The molecule has 1 fully saturated rings. The number of benzene rings is 1. The molecule has 0 spiro atoms. The first-order valence-electron chi connectivity index (χ1n) is 7.78. The molecule has 0 unspecified atom stereocenters. The molecule has 1 saturated heterocycles. The van der Waals surface area contributed by atoms with Crippen LogP contribution in [0.2, 0.25) is 10.0 Å². The number of hydrogen-bond acceptors (Lipinski definition) is 3. The molecule has 2 heterocycles. The van der Waals surface area contributed by atoms with Crippen molar-refractivity contribution in [2.45, 2.75) is 6.54 Å². The zero-order chi connectivity index (χ0) is 16.9. The molecule has 3 nitrogen and oxygen atoms in total. The van der Waals surface area contributed by atoms with E-state index in [9.17, 15) is 4.79 Å². The number of carbonyl (C=O) groups is 1. The van der Waals surface area contributed by atoms with E-state index in [1.165, 1.54) is 4.88 Å². The second-order valence-electron chi connectivity index (χ2n) is 5.69. The highest BCUT2D eigenvalue weighted by atomic mass is 35.5. The Morgan fingerprint density at radius 1 is 1.12 bits per heavy atom. The zero-order valence-corrected chi connectivity index (χ0v) is 15.4. The second-order valence-corrected chi connectivity index (χ2v) is 7.53. The van der Waals surface area contributed by atoms with Crippen molar-refractivity contribution in [2.75, 3.05) is 26.2 Å². The molecule has 0 N–H and O–H groups in total. The van der Waals surface area contributed by atoms with Crippen LogP contribution < -0.4 is 0 Å². The number of carbonyl (C=O) groups excluding carboxylic acids is 1. The molecule has 0 saturated carbocycles. The zero-order valence-electron chi connectivity index (χ0n) is 13.1. The average Bonchev–Trinajstić information content (AvgIpc) is 3.09. The van der Waals surface area contributed by atoms with Gasteiger partial charge >= 0.3 is 0 Å². The molecule has 6 heteroatoms. The van der Waals surface area contributed by atoms with Gasteiger partial charge in [-0.1, -0.05) is 35.3 Å². The summed E-state index contributed by atoms with van der Waals surface area (Å²) in [5, 5.41) is 3.11. The minimum absolute atomic E-state index is 0.0387. The minimum atomic E-state index is 0.0387. The van der Waals surface area contributed by atoms with Gasteiger partial charge in [0.15, 0.2) is 0 Å². The fraction of sp³-hybridized carbons (Fsp3) is 0.278. The van der Waals surface area contributed by atoms with Crippen LogP contribution in [0, 0.1) is 0 Å². The molecule has 126 valence electrons. The predicted molar refractivity (Wildman–Crippen MR) is 102 cm³/mol. The van der Waals surface area contributed by atoms with E-state index in [2.05, 4.69) is 22.4 Å². The molecular formula is C18H18Cl2N2OS. The van der Waals surface area contributed by atoms with E-state index in [0.717, 1.165) is 38.3 Å². The molecule has 0 aliphatic carbocycles. The summed E-state index contributed by atoms with van der Waals surface area (Å²) >= 11 is 13.7. The van der Waals surface area contributed by atoms with Crippen LogP contribution in [0.1, 0.15) is 10.4 Å². The lowest BCUT2D eigenvalue weighted by molar-refractivity contribution is -0.127. The van der Waals surface area contributed by atoms with E-state index in [1.807, 2.05) is 11.0 Å². The van der Waals surface area contributed by atoms with Gasteiger partial charge in [-0.15, -0.1) is 11.3 Å². The second kappa shape index (κ2) is 8.17. The van der Waals surface area contributed by atoms with Crippen LogP contribution in [-0.4, -0.2) is 41.9 Å². The fourth-order valence-corrected chi connectivity index (χ4v) is 3.69. The van der Waals surface area contributed by atoms with Gasteiger partial charge in [0.25, 0.3) is 0 Å². The Hall–Kier alpha value is -1.33.